The van der Waals surface area contributed by atoms with Crippen LogP contribution in [0, 0.1) is 19.8 Å². The number of aryl methyl sites for hydroxylation is 1. The van der Waals surface area contributed by atoms with E-state index in [2.05, 4.69) is 24.3 Å². The number of benzene rings is 1. The van der Waals surface area contributed by atoms with Crippen molar-refractivity contribution in [1.29, 1.82) is 0 Å². The Hall–Kier alpha value is -2.63. The number of hydrogen-bond acceptors (Lipinski definition) is 3. The minimum atomic E-state index is -0.0718. The predicted molar refractivity (Wildman–Crippen MR) is 112 cm³/mol. The Bertz CT molecular complexity index is 869. The quantitative estimate of drug-likeness (QED) is 0.825. The fourth-order valence-electron chi connectivity index (χ4n) is 3.71. The zero-order chi connectivity index (χ0) is 20.3. The third-order valence-electron chi connectivity index (χ3n) is 5.17. The van der Waals surface area contributed by atoms with Gasteiger partial charge >= 0.3 is 0 Å². The number of piperidine rings is 1. The molecule has 1 aromatic carbocycles. The first kappa shape index (κ1) is 20.1. The molecule has 1 aliphatic heterocycles. The summed E-state index contributed by atoms with van der Waals surface area (Å²) in [6, 6.07) is 7.54. The van der Waals surface area contributed by atoms with Crippen molar-refractivity contribution in [2.75, 3.05) is 16.8 Å². The molecule has 1 saturated heterocycles. The van der Waals surface area contributed by atoms with Crippen molar-refractivity contribution in [2.45, 2.75) is 59.9 Å². The van der Waals surface area contributed by atoms with E-state index in [9.17, 15) is 9.59 Å². The number of rotatable bonds is 6. The summed E-state index contributed by atoms with van der Waals surface area (Å²) in [6.07, 6.45) is 2.86. The highest BCUT2D eigenvalue weighted by atomic mass is 16.2. The monoisotopic (exact) mass is 382 g/mol. The van der Waals surface area contributed by atoms with E-state index in [0.717, 1.165) is 48.6 Å². The van der Waals surface area contributed by atoms with Crippen LogP contribution < -0.4 is 10.2 Å². The Morgan fingerprint density at radius 3 is 2.75 bits per heavy atom. The fourth-order valence-corrected chi connectivity index (χ4v) is 3.71. The zero-order valence-electron chi connectivity index (χ0n) is 17.3. The molecule has 6 nitrogen and oxygen atoms in total. The number of hydrogen-bond donors (Lipinski definition) is 1. The zero-order valence-corrected chi connectivity index (χ0v) is 17.3. The molecule has 3 rings (SSSR count). The van der Waals surface area contributed by atoms with Crippen LogP contribution in [0.3, 0.4) is 0 Å². The van der Waals surface area contributed by atoms with E-state index in [0.29, 0.717) is 24.4 Å². The summed E-state index contributed by atoms with van der Waals surface area (Å²) in [5.74, 6) is 0.580. The molecule has 1 aromatic heterocycles. The van der Waals surface area contributed by atoms with Crippen LogP contribution >= 0.6 is 0 Å². The van der Waals surface area contributed by atoms with Crippen molar-refractivity contribution in [3.63, 3.8) is 0 Å². The van der Waals surface area contributed by atoms with E-state index in [-0.39, 0.29) is 11.8 Å². The molecule has 0 bridgehead atoms. The second-order valence-corrected chi connectivity index (χ2v) is 8.00. The van der Waals surface area contributed by atoms with Gasteiger partial charge in [-0.1, -0.05) is 19.9 Å². The first-order chi connectivity index (χ1) is 13.3. The second-order valence-electron chi connectivity index (χ2n) is 8.00. The fraction of sp³-hybridized carbons (Fsp3) is 0.500. The van der Waals surface area contributed by atoms with Crippen LogP contribution in [0.1, 0.15) is 50.1 Å². The van der Waals surface area contributed by atoms with Crippen molar-refractivity contribution in [1.82, 2.24) is 9.78 Å². The molecule has 2 heterocycles. The van der Waals surface area contributed by atoms with Crippen molar-refractivity contribution >= 4 is 23.2 Å². The summed E-state index contributed by atoms with van der Waals surface area (Å²) >= 11 is 0. The predicted octanol–water partition coefficient (Wildman–Crippen LogP) is 3.85. The number of carbonyl (C=O) groups excluding carboxylic acids is 2. The highest BCUT2D eigenvalue weighted by Gasteiger charge is 2.20. The molecular formula is C22H30N4O2. The summed E-state index contributed by atoms with van der Waals surface area (Å²) in [7, 11) is 0. The van der Waals surface area contributed by atoms with Crippen LogP contribution in [0.4, 0.5) is 11.4 Å². The van der Waals surface area contributed by atoms with Crippen LogP contribution in [0.15, 0.2) is 24.3 Å². The highest BCUT2D eigenvalue weighted by molar-refractivity contribution is 5.96. The Morgan fingerprint density at radius 2 is 2.04 bits per heavy atom. The molecule has 0 aliphatic carbocycles. The lowest BCUT2D eigenvalue weighted by atomic mass is 10.1. The number of carbonyl (C=O) groups is 2. The number of nitrogens with one attached hydrogen (secondary N) is 1. The second kappa shape index (κ2) is 8.59. The van der Waals surface area contributed by atoms with Gasteiger partial charge in [0.2, 0.25) is 11.8 Å². The van der Waals surface area contributed by atoms with Crippen molar-refractivity contribution in [3.05, 3.63) is 41.2 Å². The van der Waals surface area contributed by atoms with E-state index in [1.807, 2.05) is 47.7 Å². The maximum Gasteiger partial charge on any atom is 0.228 e. The van der Waals surface area contributed by atoms with Crippen LogP contribution in [0.2, 0.25) is 0 Å². The van der Waals surface area contributed by atoms with E-state index >= 15 is 0 Å². The topological polar surface area (TPSA) is 67.2 Å². The molecule has 0 atom stereocenters. The van der Waals surface area contributed by atoms with E-state index < -0.39 is 0 Å². The van der Waals surface area contributed by atoms with Crippen LogP contribution in [0.25, 0.3) is 0 Å². The summed E-state index contributed by atoms with van der Waals surface area (Å²) in [5.41, 5.74) is 4.50. The minimum absolute atomic E-state index is 0.0718. The Morgan fingerprint density at radius 1 is 1.25 bits per heavy atom. The molecule has 0 spiro atoms. The first-order valence-electron chi connectivity index (χ1n) is 10.1. The summed E-state index contributed by atoms with van der Waals surface area (Å²) in [5, 5.41) is 7.56. The largest absolute Gasteiger partial charge is 0.326 e. The minimum Gasteiger partial charge on any atom is -0.326 e. The Labute approximate surface area is 166 Å². The maximum atomic E-state index is 12.6. The van der Waals surface area contributed by atoms with Gasteiger partial charge in [-0.3, -0.25) is 14.3 Å². The molecule has 0 saturated carbocycles. The Kier molecular flexibility index (Phi) is 6.17. The van der Waals surface area contributed by atoms with Gasteiger partial charge in [0.05, 0.1) is 12.1 Å². The summed E-state index contributed by atoms with van der Waals surface area (Å²) < 4.78 is 1.99. The molecule has 6 heteroatoms. The van der Waals surface area contributed by atoms with Gasteiger partial charge in [-0.25, -0.2) is 0 Å². The molecule has 1 aliphatic rings. The molecule has 2 aromatic rings. The van der Waals surface area contributed by atoms with Gasteiger partial charge in [0.1, 0.15) is 0 Å². The van der Waals surface area contributed by atoms with Gasteiger partial charge in [-0.15, -0.1) is 0 Å². The van der Waals surface area contributed by atoms with Crippen LogP contribution in [-0.2, 0) is 22.6 Å². The summed E-state index contributed by atoms with van der Waals surface area (Å²) in [4.78, 5) is 26.6. The molecule has 1 N–H and O–H groups in total. The lowest BCUT2D eigenvalue weighted by Crippen LogP contribution is -2.35. The maximum absolute atomic E-state index is 12.6. The van der Waals surface area contributed by atoms with Gasteiger partial charge in [0, 0.05) is 42.1 Å². The number of amides is 2. The van der Waals surface area contributed by atoms with Crippen LogP contribution in [0.5, 0.6) is 0 Å². The molecule has 0 radical (unpaired) electrons. The SMILES string of the molecule is Cc1nn(CC(C)C)c(C)c1CC(=O)Nc1cccc(N2CCCCC2=O)c1. The van der Waals surface area contributed by atoms with Crippen molar-refractivity contribution in [3.8, 4) is 0 Å². The van der Waals surface area contributed by atoms with Gasteiger partial charge in [0.25, 0.3) is 0 Å². The van der Waals surface area contributed by atoms with Crippen molar-refractivity contribution in [2.24, 2.45) is 5.92 Å². The van der Waals surface area contributed by atoms with Crippen LogP contribution in [-0.4, -0.2) is 28.1 Å². The molecule has 1 fully saturated rings. The average molecular weight is 383 g/mol. The van der Waals surface area contributed by atoms with E-state index in [1.54, 1.807) is 0 Å². The molecule has 2 amide bonds. The highest BCUT2D eigenvalue weighted by Crippen LogP contribution is 2.24. The Balaban J connectivity index is 1.70. The van der Waals surface area contributed by atoms with Gasteiger partial charge in [0.15, 0.2) is 0 Å². The van der Waals surface area contributed by atoms with Gasteiger partial charge < -0.3 is 10.2 Å². The number of anilines is 2. The molecule has 0 unspecified atom stereocenters. The lowest BCUT2D eigenvalue weighted by Gasteiger charge is -2.27. The van der Waals surface area contributed by atoms with E-state index in [1.165, 1.54) is 0 Å². The number of aromatic nitrogens is 2. The lowest BCUT2D eigenvalue weighted by molar-refractivity contribution is -0.119. The third-order valence-corrected chi connectivity index (χ3v) is 5.17. The third kappa shape index (κ3) is 4.61. The molecule has 150 valence electrons. The molecular weight excluding hydrogens is 352 g/mol. The standard InChI is InChI=1S/C22H30N4O2/c1-15(2)14-26-17(4)20(16(3)24-26)13-21(27)23-18-8-7-9-19(12-18)25-11-6-5-10-22(25)28/h7-9,12,15H,5-6,10-11,13-14H2,1-4H3,(H,23,27). The number of nitrogens with zero attached hydrogens (tertiary/aromatic N) is 3. The first-order valence-corrected chi connectivity index (χ1v) is 10.1. The smallest absolute Gasteiger partial charge is 0.228 e. The van der Waals surface area contributed by atoms with Crippen molar-refractivity contribution < 1.29 is 9.59 Å². The molecule has 28 heavy (non-hydrogen) atoms. The van der Waals surface area contributed by atoms with E-state index in [4.69, 9.17) is 0 Å². The van der Waals surface area contributed by atoms with Gasteiger partial charge in [-0.2, -0.15) is 5.10 Å². The average Bonchev–Trinajstić information content (AvgIpc) is 2.89. The van der Waals surface area contributed by atoms with Gasteiger partial charge in [-0.05, 0) is 50.8 Å². The summed E-state index contributed by atoms with van der Waals surface area (Å²) in [6.45, 7) is 9.87. The normalized spacial score (nSPS) is 14.6.